The zero-order chi connectivity index (χ0) is 37.9. The summed E-state index contributed by atoms with van der Waals surface area (Å²) in [4.78, 5) is 27.7. The Hall–Kier alpha value is -2.41. The fraction of sp³-hybridized carbons (Fsp3) is 0.707. The summed E-state index contributed by atoms with van der Waals surface area (Å²) < 4.78 is 38.0. The standard InChI is InChI=1S/C41H64O8Si2/c1-14-31(46-33-18-16-15-17-32(33)44-9)37(42)47-34-24-28(39(3,4)5)23-27-20-19-26(2)41(35(27)34,49-51(12)13)22-21-29-25-30(40(6,7)8)36(38(43)45-29)48-50(10)11/h15-20,23,26,28-31,34-36H,14,21-22,24-25H2,1-13H3/t26-,28+,29+,30-,31?,34-,35+,36?,41-/m0/s1. The molecule has 0 bridgehead atoms. The van der Waals surface area contributed by atoms with E-state index >= 15 is 0 Å². The maximum Gasteiger partial charge on any atom is 0.347 e. The van der Waals surface area contributed by atoms with E-state index in [0.29, 0.717) is 37.2 Å². The maximum absolute atomic E-state index is 14.1. The molecule has 0 amide bonds. The number of rotatable bonds is 13. The normalized spacial score (nSPS) is 30.4. The van der Waals surface area contributed by atoms with Gasteiger partial charge in [0.1, 0.15) is 18.3 Å². The number of ether oxygens (including phenoxy) is 4. The minimum Gasteiger partial charge on any atom is -0.493 e. The molecule has 4 rings (SSSR count). The molecule has 8 nitrogen and oxygen atoms in total. The van der Waals surface area contributed by atoms with Crippen LogP contribution in [0, 0.1) is 34.5 Å². The second kappa shape index (κ2) is 16.7. The van der Waals surface area contributed by atoms with Crippen LogP contribution in [-0.2, 0) is 27.9 Å². The van der Waals surface area contributed by atoms with Crippen LogP contribution in [-0.4, -0.2) is 67.1 Å². The zero-order valence-corrected chi connectivity index (χ0v) is 35.5. The molecule has 10 heteroatoms. The van der Waals surface area contributed by atoms with Gasteiger partial charge in [-0.1, -0.05) is 85.8 Å². The number of benzene rings is 1. The molecular weight excluding hydrogens is 677 g/mol. The van der Waals surface area contributed by atoms with Crippen LogP contribution < -0.4 is 9.47 Å². The van der Waals surface area contributed by atoms with Crippen molar-refractivity contribution in [1.29, 1.82) is 0 Å². The molecule has 0 spiro atoms. The molecule has 1 aliphatic heterocycles. The van der Waals surface area contributed by atoms with Gasteiger partial charge in [-0.2, -0.15) is 0 Å². The minimum atomic E-state index is -1.22. The summed E-state index contributed by atoms with van der Waals surface area (Å²) in [6, 6.07) is 7.37. The number of carbonyl (C=O) groups is 2. The fourth-order valence-electron chi connectivity index (χ4n) is 8.15. The van der Waals surface area contributed by atoms with Crippen LogP contribution >= 0.6 is 0 Å². The van der Waals surface area contributed by atoms with Gasteiger partial charge in [0.2, 0.25) is 18.1 Å². The van der Waals surface area contributed by atoms with Crippen LogP contribution in [0.2, 0.25) is 26.2 Å². The number of hydrogen-bond acceptors (Lipinski definition) is 8. The molecule has 9 atom stereocenters. The van der Waals surface area contributed by atoms with Gasteiger partial charge in [-0.15, -0.1) is 0 Å². The first-order chi connectivity index (χ1) is 23.8. The van der Waals surface area contributed by atoms with E-state index < -0.39 is 42.0 Å². The molecule has 1 fully saturated rings. The molecule has 1 heterocycles. The van der Waals surface area contributed by atoms with Crippen LogP contribution in [0.4, 0.5) is 0 Å². The SMILES string of the molecule is CCC(Oc1ccccc1OC)C(=O)O[C@H]1C[C@H](C(C)(C)C)C=C2C=C[C@H](C)[C@](CC[C@@H]3C[C@H](C(C)(C)C)C(O[Si](C)C)C(=O)O3)(O[Si](C)C)[C@H]21. The first-order valence-corrected chi connectivity index (χ1v) is 23.7. The molecule has 0 aromatic heterocycles. The quantitative estimate of drug-likeness (QED) is 0.146. The van der Waals surface area contributed by atoms with E-state index in [1.54, 1.807) is 7.11 Å². The fourth-order valence-corrected chi connectivity index (χ4v) is 10.1. The van der Waals surface area contributed by atoms with Gasteiger partial charge in [0.15, 0.2) is 17.6 Å². The van der Waals surface area contributed by atoms with E-state index in [2.05, 4.69) is 92.9 Å². The molecule has 51 heavy (non-hydrogen) atoms. The summed E-state index contributed by atoms with van der Waals surface area (Å²) in [6.45, 7) is 25.9. The topological polar surface area (TPSA) is 89.5 Å². The molecule has 1 aromatic rings. The van der Waals surface area contributed by atoms with E-state index in [1.807, 2.05) is 31.2 Å². The highest BCUT2D eigenvalue weighted by Gasteiger charge is 2.55. The van der Waals surface area contributed by atoms with Gasteiger partial charge in [-0.3, -0.25) is 0 Å². The van der Waals surface area contributed by atoms with Crippen LogP contribution in [0.3, 0.4) is 0 Å². The van der Waals surface area contributed by atoms with Crippen molar-refractivity contribution in [3.63, 3.8) is 0 Å². The van der Waals surface area contributed by atoms with E-state index in [0.717, 1.165) is 12.0 Å². The Balaban J connectivity index is 1.69. The van der Waals surface area contributed by atoms with Crippen molar-refractivity contribution >= 4 is 30.0 Å². The molecule has 284 valence electrons. The Morgan fingerprint density at radius 3 is 2.24 bits per heavy atom. The highest BCUT2D eigenvalue weighted by atomic mass is 28.3. The summed E-state index contributed by atoms with van der Waals surface area (Å²) in [7, 11) is -0.720. The Morgan fingerprint density at radius 2 is 1.67 bits per heavy atom. The Morgan fingerprint density at radius 1 is 1.00 bits per heavy atom. The molecule has 1 saturated heterocycles. The first kappa shape index (κ1) is 41.4. The lowest BCUT2D eigenvalue weighted by molar-refractivity contribution is -0.180. The van der Waals surface area contributed by atoms with Gasteiger partial charge in [-0.25, -0.2) is 9.59 Å². The largest absolute Gasteiger partial charge is 0.493 e. The molecule has 2 radical (unpaired) electrons. The lowest BCUT2D eigenvalue weighted by Crippen LogP contribution is -2.58. The van der Waals surface area contributed by atoms with Crippen LogP contribution in [0.25, 0.3) is 0 Å². The van der Waals surface area contributed by atoms with Crippen molar-refractivity contribution in [2.24, 2.45) is 34.5 Å². The number of hydrogen-bond donors (Lipinski definition) is 0. The number of allylic oxidation sites excluding steroid dienone is 2. The number of methoxy groups -OCH3 is 1. The highest BCUT2D eigenvalue weighted by molar-refractivity contribution is 6.49. The van der Waals surface area contributed by atoms with E-state index in [4.69, 9.17) is 27.8 Å². The van der Waals surface area contributed by atoms with Gasteiger partial charge >= 0.3 is 11.9 Å². The van der Waals surface area contributed by atoms with Crippen LogP contribution in [0.5, 0.6) is 11.5 Å². The van der Waals surface area contributed by atoms with Crippen molar-refractivity contribution in [2.45, 2.75) is 144 Å². The van der Waals surface area contributed by atoms with Crippen molar-refractivity contribution in [2.75, 3.05) is 7.11 Å². The predicted molar refractivity (Wildman–Crippen MR) is 205 cm³/mol. The molecule has 2 unspecified atom stereocenters. The number of esters is 2. The second-order valence-corrected chi connectivity index (χ2v) is 21.4. The summed E-state index contributed by atoms with van der Waals surface area (Å²) >= 11 is 0. The van der Waals surface area contributed by atoms with Gasteiger partial charge < -0.3 is 27.8 Å². The Kier molecular flexibility index (Phi) is 13.6. The van der Waals surface area contributed by atoms with Crippen molar-refractivity contribution in [1.82, 2.24) is 0 Å². The summed E-state index contributed by atoms with van der Waals surface area (Å²) in [5.41, 5.74) is 0.332. The van der Waals surface area contributed by atoms with E-state index in [1.165, 1.54) is 0 Å². The van der Waals surface area contributed by atoms with Gasteiger partial charge in [0.25, 0.3) is 0 Å². The Labute approximate surface area is 311 Å². The molecule has 3 aliphatic rings. The highest BCUT2D eigenvalue weighted by Crippen LogP contribution is 2.53. The van der Waals surface area contributed by atoms with E-state index in [9.17, 15) is 9.59 Å². The third-order valence-electron chi connectivity index (χ3n) is 11.0. The van der Waals surface area contributed by atoms with Crippen molar-refractivity contribution < 1.29 is 37.4 Å². The second-order valence-electron chi connectivity index (χ2n) is 17.4. The molecule has 1 aromatic carbocycles. The zero-order valence-electron chi connectivity index (χ0n) is 33.5. The van der Waals surface area contributed by atoms with E-state index in [-0.39, 0.29) is 52.5 Å². The average molecular weight is 741 g/mol. The van der Waals surface area contributed by atoms with Crippen LogP contribution in [0.15, 0.2) is 48.1 Å². The lowest BCUT2D eigenvalue weighted by atomic mass is 9.59. The third-order valence-corrected chi connectivity index (χ3v) is 12.5. The van der Waals surface area contributed by atoms with Crippen molar-refractivity contribution in [3.05, 3.63) is 48.1 Å². The van der Waals surface area contributed by atoms with Crippen LogP contribution in [0.1, 0.15) is 87.5 Å². The van der Waals surface area contributed by atoms with Gasteiger partial charge in [-0.05, 0) is 92.7 Å². The lowest BCUT2D eigenvalue weighted by Gasteiger charge is -2.54. The molecule has 0 saturated carbocycles. The molecule has 2 aliphatic carbocycles. The summed E-state index contributed by atoms with van der Waals surface area (Å²) in [6.07, 6.45) is 8.02. The third kappa shape index (κ3) is 9.78. The monoisotopic (exact) mass is 740 g/mol. The maximum atomic E-state index is 14.1. The number of fused-ring (bicyclic) bond motifs is 1. The minimum absolute atomic E-state index is 0.0397. The predicted octanol–water partition coefficient (Wildman–Crippen LogP) is 8.98. The number of para-hydroxylation sites is 2. The summed E-state index contributed by atoms with van der Waals surface area (Å²) in [5.74, 6) is 0.521. The first-order valence-electron chi connectivity index (χ1n) is 18.9. The molecule has 0 N–H and O–H groups in total. The van der Waals surface area contributed by atoms with Crippen molar-refractivity contribution in [3.8, 4) is 11.5 Å². The van der Waals surface area contributed by atoms with Gasteiger partial charge in [0, 0.05) is 17.8 Å². The van der Waals surface area contributed by atoms with Gasteiger partial charge in [0.05, 0.1) is 12.7 Å². The molecular formula is C41H64O8Si2. The average Bonchev–Trinajstić information content (AvgIpc) is 3.03. The number of carbonyl (C=O) groups excluding carboxylic acids is 2. The Bertz CT molecular complexity index is 1410. The summed E-state index contributed by atoms with van der Waals surface area (Å²) in [5, 5.41) is 0. The number of cyclic esters (lactones) is 1. The smallest absolute Gasteiger partial charge is 0.347 e.